The Morgan fingerprint density at radius 3 is 2.06 bits per heavy atom. The molecule has 0 bridgehead atoms. The van der Waals surface area contributed by atoms with Crippen LogP contribution in [0.4, 0.5) is 0 Å². The second kappa shape index (κ2) is 7.07. The number of thioether (sulfide) groups is 1. The molecule has 0 saturated heterocycles. The van der Waals surface area contributed by atoms with E-state index in [0.29, 0.717) is 5.75 Å². The Morgan fingerprint density at radius 1 is 1.12 bits per heavy atom. The lowest BCUT2D eigenvalue weighted by Gasteiger charge is -2.16. The maximum Gasteiger partial charge on any atom is 0.530 e. The summed E-state index contributed by atoms with van der Waals surface area (Å²) in [6.45, 7) is 4.04. The summed E-state index contributed by atoms with van der Waals surface area (Å²) < 4.78 is 27.4. The Morgan fingerprint density at radius 2 is 1.65 bits per heavy atom. The molecule has 17 heavy (non-hydrogen) atoms. The fourth-order valence-electron chi connectivity index (χ4n) is 1.17. The second-order valence-electron chi connectivity index (χ2n) is 3.05. The van der Waals surface area contributed by atoms with Gasteiger partial charge in [-0.15, -0.1) is 11.8 Å². The third kappa shape index (κ3) is 4.72. The molecule has 0 radical (unpaired) electrons. The van der Waals surface area contributed by atoms with Gasteiger partial charge in [0.15, 0.2) is 0 Å². The van der Waals surface area contributed by atoms with E-state index < -0.39 is 7.82 Å². The molecule has 0 atom stereocenters. The van der Waals surface area contributed by atoms with Crippen molar-refractivity contribution >= 4 is 19.6 Å². The third-order valence-corrected chi connectivity index (χ3v) is 4.18. The van der Waals surface area contributed by atoms with Gasteiger partial charge in [0, 0.05) is 4.90 Å². The summed E-state index contributed by atoms with van der Waals surface area (Å²) in [5.41, 5.74) is 0. The first-order chi connectivity index (χ1) is 8.13. The largest absolute Gasteiger partial charge is 0.530 e. The molecule has 0 fully saturated rings. The highest BCUT2D eigenvalue weighted by Gasteiger charge is 2.27. The van der Waals surface area contributed by atoms with Crippen molar-refractivity contribution < 1.29 is 18.1 Å². The fraction of sp³-hybridized carbons (Fsp3) is 0.455. The van der Waals surface area contributed by atoms with Gasteiger partial charge in [0.05, 0.1) is 13.2 Å². The van der Waals surface area contributed by atoms with E-state index in [1.165, 1.54) is 0 Å². The molecule has 0 aliphatic rings. The van der Waals surface area contributed by atoms with Crippen molar-refractivity contribution in [2.24, 2.45) is 0 Å². The first kappa shape index (κ1) is 14.6. The first-order valence-corrected chi connectivity index (χ1v) is 8.05. The van der Waals surface area contributed by atoms with Gasteiger partial charge < -0.3 is 4.52 Å². The molecule has 1 aromatic carbocycles. The maximum atomic E-state index is 12.1. The number of phosphoric acid groups is 1. The summed E-state index contributed by atoms with van der Waals surface area (Å²) in [6, 6.07) is 7.28. The van der Waals surface area contributed by atoms with Gasteiger partial charge in [-0.05, 0) is 44.4 Å². The van der Waals surface area contributed by atoms with Gasteiger partial charge in [0.25, 0.3) is 0 Å². The highest BCUT2D eigenvalue weighted by atomic mass is 32.2. The van der Waals surface area contributed by atoms with Crippen LogP contribution in [0.2, 0.25) is 0 Å². The Balaban J connectivity index is 2.75. The molecule has 0 spiro atoms. The van der Waals surface area contributed by atoms with Gasteiger partial charge in [0.2, 0.25) is 0 Å². The maximum absolute atomic E-state index is 12.1. The summed E-state index contributed by atoms with van der Waals surface area (Å²) in [5, 5.41) is 0. The van der Waals surface area contributed by atoms with E-state index in [0.717, 1.165) is 4.90 Å². The standard InChI is InChI=1S/C11H17O4PS/c1-4-13-16(12,14-5-2)15-10-6-8-11(17-3)9-7-10/h6-9H,4-5H2,1-3H3. The van der Waals surface area contributed by atoms with Gasteiger partial charge >= 0.3 is 7.82 Å². The number of benzene rings is 1. The molecule has 96 valence electrons. The molecule has 0 aliphatic heterocycles. The average Bonchev–Trinajstić information content (AvgIpc) is 2.30. The SMILES string of the molecule is CCOP(=O)(OCC)Oc1ccc(SC)cc1. The summed E-state index contributed by atoms with van der Waals surface area (Å²) in [6.07, 6.45) is 1.99. The van der Waals surface area contributed by atoms with Gasteiger partial charge in [0.1, 0.15) is 5.75 Å². The predicted molar refractivity (Wildman–Crippen MR) is 69.7 cm³/mol. The molecule has 0 aromatic heterocycles. The van der Waals surface area contributed by atoms with Crippen molar-refractivity contribution in [2.75, 3.05) is 19.5 Å². The van der Waals surface area contributed by atoms with Crippen LogP contribution in [0.15, 0.2) is 29.2 Å². The van der Waals surface area contributed by atoms with Crippen molar-refractivity contribution in [3.8, 4) is 5.75 Å². The van der Waals surface area contributed by atoms with E-state index in [-0.39, 0.29) is 13.2 Å². The minimum Gasteiger partial charge on any atom is -0.404 e. The lowest BCUT2D eigenvalue weighted by Crippen LogP contribution is -2.02. The summed E-state index contributed by atoms with van der Waals surface area (Å²) >= 11 is 1.63. The molecule has 0 amide bonds. The molecule has 1 aromatic rings. The van der Waals surface area contributed by atoms with Gasteiger partial charge in [-0.3, -0.25) is 9.05 Å². The number of phosphoric ester groups is 1. The van der Waals surface area contributed by atoms with E-state index >= 15 is 0 Å². The molecule has 4 nitrogen and oxygen atoms in total. The first-order valence-electron chi connectivity index (χ1n) is 5.36. The van der Waals surface area contributed by atoms with Crippen molar-refractivity contribution in [3.05, 3.63) is 24.3 Å². The van der Waals surface area contributed by atoms with E-state index in [4.69, 9.17) is 13.6 Å². The molecule has 0 aliphatic carbocycles. The smallest absolute Gasteiger partial charge is 0.404 e. The molecular formula is C11H17O4PS. The van der Waals surface area contributed by atoms with Gasteiger partial charge in [-0.25, -0.2) is 4.57 Å². The minimum absolute atomic E-state index is 0.278. The molecule has 0 saturated carbocycles. The number of hydrogen-bond acceptors (Lipinski definition) is 5. The van der Waals surface area contributed by atoms with E-state index in [1.54, 1.807) is 37.7 Å². The van der Waals surface area contributed by atoms with Crippen LogP contribution in [-0.4, -0.2) is 19.5 Å². The van der Waals surface area contributed by atoms with Crippen LogP contribution in [0, 0.1) is 0 Å². The lowest BCUT2D eigenvalue weighted by atomic mass is 10.3. The molecule has 0 unspecified atom stereocenters. The van der Waals surface area contributed by atoms with Crippen molar-refractivity contribution in [2.45, 2.75) is 18.7 Å². The topological polar surface area (TPSA) is 44.8 Å². The zero-order valence-electron chi connectivity index (χ0n) is 10.2. The predicted octanol–water partition coefficient (Wildman–Crippen LogP) is 3.97. The fourth-order valence-corrected chi connectivity index (χ4v) is 2.77. The molecule has 0 N–H and O–H groups in total. The zero-order chi connectivity index (χ0) is 12.7. The van der Waals surface area contributed by atoms with Crippen molar-refractivity contribution in [1.82, 2.24) is 0 Å². The zero-order valence-corrected chi connectivity index (χ0v) is 11.9. The van der Waals surface area contributed by atoms with Crippen molar-refractivity contribution in [3.63, 3.8) is 0 Å². The Labute approximate surface area is 106 Å². The molecule has 6 heteroatoms. The normalized spacial score (nSPS) is 11.5. The quantitative estimate of drug-likeness (QED) is 0.557. The van der Waals surface area contributed by atoms with Crippen LogP contribution < -0.4 is 4.52 Å². The molecule has 1 rings (SSSR count). The van der Waals surface area contributed by atoms with E-state index in [1.807, 2.05) is 18.4 Å². The number of hydrogen-bond donors (Lipinski definition) is 0. The third-order valence-electron chi connectivity index (χ3n) is 1.85. The van der Waals surface area contributed by atoms with Gasteiger partial charge in [-0.1, -0.05) is 0 Å². The lowest BCUT2D eigenvalue weighted by molar-refractivity contribution is 0.167. The van der Waals surface area contributed by atoms with E-state index in [2.05, 4.69) is 0 Å². The summed E-state index contributed by atoms with van der Waals surface area (Å²) in [7, 11) is -3.47. The van der Waals surface area contributed by atoms with Crippen LogP contribution in [0.1, 0.15) is 13.8 Å². The Bertz CT molecular complexity index is 370. The summed E-state index contributed by atoms with van der Waals surface area (Å²) in [5.74, 6) is 0.480. The summed E-state index contributed by atoms with van der Waals surface area (Å²) in [4.78, 5) is 1.11. The minimum atomic E-state index is -3.47. The highest BCUT2D eigenvalue weighted by molar-refractivity contribution is 7.98. The molecular weight excluding hydrogens is 259 g/mol. The van der Waals surface area contributed by atoms with Crippen LogP contribution >= 0.6 is 19.6 Å². The van der Waals surface area contributed by atoms with Gasteiger partial charge in [-0.2, -0.15) is 0 Å². The van der Waals surface area contributed by atoms with Crippen LogP contribution in [0.5, 0.6) is 5.75 Å². The monoisotopic (exact) mass is 276 g/mol. The van der Waals surface area contributed by atoms with Crippen LogP contribution in [-0.2, 0) is 13.6 Å². The van der Waals surface area contributed by atoms with Crippen LogP contribution in [0.3, 0.4) is 0 Å². The van der Waals surface area contributed by atoms with Crippen molar-refractivity contribution in [1.29, 1.82) is 0 Å². The Hall–Kier alpha value is -0.480. The van der Waals surface area contributed by atoms with E-state index in [9.17, 15) is 4.57 Å². The Kier molecular flexibility index (Phi) is 6.06. The second-order valence-corrected chi connectivity index (χ2v) is 5.52. The highest BCUT2D eigenvalue weighted by Crippen LogP contribution is 2.49. The average molecular weight is 276 g/mol. The number of rotatable bonds is 7. The van der Waals surface area contributed by atoms with Crippen LogP contribution in [0.25, 0.3) is 0 Å². The molecule has 0 heterocycles.